The highest BCUT2D eigenvalue weighted by Gasteiger charge is 2.44. The Labute approximate surface area is 155 Å². The average molecular weight is 353 g/mol. The van der Waals surface area contributed by atoms with Crippen molar-refractivity contribution in [2.75, 3.05) is 19.6 Å². The SMILES string of the molecule is C=CCc1cc(CC(C)C(=O)O)ccc1C#CC1(O)CN2CCC1CC2. The molecule has 0 spiro atoms. The van der Waals surface area contributed by atoms with Crippen LogP contribution in [0.2, 0.25) is 0 Å². The smallest absolute Gasteiger partial charge is 0.306 e. The quantitative estimate of drug-likeness (QED) is 0.631. The zero-order chi connectivity index (χ0) is 18.7. The summed E-state index contributed by atoms with van der Waals surface area (Å²) >= 11 is 0. The van der Waals surface area contributed by atoms with Crippen LogP contribution in [0.3, 0.4) is 0 Å². The number of carboxylic acid groups (broad SMARTS) is 1. The summed E-state index contributed by atoms with van der Waals surface area (Å²) in [5, 5.41) is 20.1. The number of aliphatic hydroxyl groups is 1. The maximum absolute atomic E-state index is 11.1. The topological polar surface area (TPSA) is 60.8 Å². The number of piperidine rings is 3. The lowest BCUT2D eigenvalue weighted by atomic mass is 9.75. The largest absolute Gasteiger partial charge is 0.481 e. The van der Waals surface area contributed by atoms with Crippen molar-refractivity contribution in [1.82, 2.24) is 4.90 Å². The molecule has 26 heavy (non-hydrogen) atoms. The van der Waals surface area contributed by atoms with E-state index in [-0.39, 0.29) is 5.92 Å². The summed E-state index contributed by atoms with van der Waals surface area (Å²) in [6, 6.07) is 5.91. The normalized spacial score (nSPS) is 28.1. The fourth-order valence-electron chi connectivity index (χ4n) is 4.02. The number of carbonyl (C=O) groups is 1. The van der Waals surface area contributed by atoms with E-state index in [1.54, 1.807) is 6.92 Å². The van der Waals surface area contributed by atoms with Gasteiger partial charge in [-0.2, -0.15) is 0 Å². The van der Waals surface area contributed by atoms with Crippen LogP contribution in [-0.2, 0) is 17.6 Å². The van der Waals surface area contributed by atoms with Crippen molar-refractivity contribution in [2.24, 2.45) is 11.8 Å². The van der Waals surface area contributed by atoms with Gasteiger partial charge in [0.25, 0.3) is 0 Å². The fraction of sp³-hybridized carbons (Fsp3) is 0.500. The van der Waals surface area contributed by atoms with Crippen LogP contribution in [0.25, 0.3) is 0 Å². The second-order valence-electron chi connectivity index (χ2n) is 7.65. The molecule has 4 rings (SSSR count). The standard InChI is InChI=1S/C22H27NO3/c1-3-4-19-14-17(13-16(2)21(24)25)5-6-18(19)7-10-22(26)15-23-11-8-20(22)9-12-23/h3,5-6,14,16,20,26H,1,4,8-9,11-13,15H2,2H3,(H,24,25). The Morgan fingerprint density at radius 2 is 2.19 bits per heavy atom. The lowest BCUT2D eigenvalue weighted by molar-refractivity contribution is -0.141. The Morgan fingerprint density at radius 1 is 1.46 bits per heavy atom. The van der Waals surface area contributed by atoms with E-state index in [4.69, 9.17) is 5.11 Å². The summed E-state index contributed by atoms with van der Waals surface area (Å²) in [5.41, 5.74) is 2.00. The summed E-state index contributed by atoms with van der Waals surface area (Å²) in [5.74, 6) is 5.42. The molecule has 3 aliphatic heterocycles. The number of carboxylic acids is 1. The molecule has 1 aromatic rings. The zero-order valence-electron chi connectivity index (χ0n) is 15.4. The van der Waals surface area contributed by atoms with Crippen LogP contribution in [0.4, 0.5) is 0 Å². The summed E-state index contributed by atoms with van der Waals surface area (Å²) in [6.45, 7) is 8.29. The molecular formula is C22H27NO3. The number of hydrogen-bond acceptors (Lipinski definition) is 3. The number of nitrogens with zero attached hydrogens (tertiary/aromatic N) is 1. The van der Waals surface area contributed by atoms with Crippen LogP contribution in [0.1, 0.15) is 36.5 Å². The van der Waals surface area contributed by atoms with Gasteiger partial charge in [0.1, 0.15) is 5.60 Å². The Morgan fingerprint density at radius 3 is 2.77 bits per heavy atom. The van der Waals surface area contributed by atoms with E-state index < -0.39 is 17.5 Å². The number of allylic oxidation sites excluding steroid dienone is 1. The number of fused-ring (bicyclic) bond motifs is 3. The van der Waals surface area contributed by atoms with Gasteiger partial charge in [-0.1, -0.05) is 37.0 Å². The molecule has 3 saturated heterocycles. The van der Waals surface area contributed by atoms with E-state index in [1.165, 1.54) is 0 Å². The molecule has 4 heteroatoms. The molecule has 3 heterocycles. The van der Waals surface area contributed by atoms with Gasteiger partial charge in [0.15, 0.2) is 0 Å². The number of rotatable bonds is 5. The highest BCUT2D eigenvalue weighted by atomic mass is 16.4. The van der Waals surface area contributed by atoms with Crippen molar-refractivity contribution < 1.29 is 15.0 Å². The van der Waals surface area contributed by atoms with E-state index in [2.05, 4.69) is 23.3 Å². The third kappa shape index (κ3) is 4.00. The van der Waals surface area contributed by atoms with Gasteiger partial charge in [-0.25, -0.2) is 0 Å². The Balaban J connectivity index is 1.84. The molecule has 2 atom stereocenters. The molecule has 2 N–H and O–H groups in total. The van der Waals surface area contributed by atoms with E-state index in [1.807, 2.05) is 24.3 Å². The molecule has 0 saturated carbocycles. The van der Waals surface area contributed by atoms with Gasteiger partial charge < -0.3 is 10.2 Å². The minimum Gasteiger partial charge on any atom is -0.481 e. The molecule has 2 bridgehead atoms. The molecule has 0 aromatic heterocycles. The number of aliphatic carboxylic acids is 1. The van der Waals surface area contributed by atoms with Crippen LogP contribution in [0.5, 0.6) is 0 Å². The second kappa shape index (κ2) is 7.65. The van der Waals surface area contributed by atoms with Gasteiger partial charge >= 0.3 is 5.97 Å². The van der Waals surface area contributed by atoms with Gasteiger partial charge in [0.05, 0.1) is 5.92 Å². The molecular weight excluding hydrogens is 326 g/mol. The van der Waals surface area contributed by atoms with Crippen LogP contribution < -0.4 is 0 Å². The number of hydrogen-bond donors (Lipinski definition) is 2. The minimum absolute atomic E-state index is 0.263. The van der Waals surface area contributed by atoms with Crippen LogP contribution in [0.15, 0.2) is 30.9 Å². The third-order valence-electron chi connectivity index (χ3n) is 5.64. The lowest BCUT2D eigenvalue weighted by Gasteiger charge is -2.47. The van der Waals surface area contributed by atoms with Gasteiger partial charge in [0.2, 0.25) is 0 Å². The lowest BCUT2D eigenvalue weighted by Crippen LogP contribution is -2.58. The summed E-state index contributed by atoms with van der Waals surface area (Å²) in [4.78, 5) is 13.4. The Kier molecular flexibility index (Phi) is 5.50. The molecule has 0 radical (unpaired) electrons. The second-order valence-corrected chi connectivity index (χ2v) is 7.65. The molecule has 4 nitrogen and oxygen atoms in total. The first-order valence-electron chi connectivity index (χ1n) is 9.34. The van der Waals surface area contributed by atoms with E-state index in [0.29, 0.717) is 19.4 Å². The summed E-state index contributed by atoms with van der Waals surface area (Å²) in [7, 11) is 0. The zero-order valence-corrected chi connectivity index (χ0v) is 15.4. The number of benzene rings is 1. The van der Waals surface area contributed by atoms with Gasteiger partial charge in [-0.05, 0) is 56.0 Å². The predicted molar refractivity (Wildman–Crippen MR) is 102 cm³/mol. The molecule has 3 fully saturated rings. The van der Waals surface area contributed by atoms with Gasteiger partial charge in [-0.3, -0.25) is 9.69 Å². The summed E-state index contributed by atoms with van der Waals surface area (Å²) in [6.07, 6.45) is 5.02. The van der Waals surface area contributed by atoms with Crippen LogP contribution in [-0.4, -0.2) is 46.3 Å². The summed E-state index contributed by atoms with van der Waals surface area (Å²) < 4.78 is 0. The monoisotopic (exact) mass is 353 g/mol. The first-order chi connectivity index (χ1) is 12.4. The average Bonchev–Trinajstić information content (AvgIpc) is 2.62. The Hall–Kier alpha value is -2.09. The maximum Gasteiger partial charge on any atom is 0.306 e. The van der Waals surface area contributed by atoms with Crippen molar-refractivity contribution >= 4 is 5.97 Å². The van der Waals surface area contributed by atoms with E-state index in [0.717, 1.165) is 42.6 Å². The Bertz CT molecular complexity index is 752. The highest BCUT2D eigenvalue weighted by Crippen LogP contribution is 2.35. The molecule has 3 aliphatic rings. The highest BCUT2D eigenvalue weighted by molar-refractivity contribution is 5.70. The van der Waals surface area contributed by atoms with E-state index in [9.17, 15) is 9.90 Å². The van der Waals surface area contributed by atoms with Crippen molar-refractivity contribution in [1.29, 1.82) is 0 Å². The van der Waals surface area contributed by atoms with Gasteiger partial charge in [-0.15, -0.1) is 6.58 Å². The maximum atomic E-state index is 11.1. The van der Waals surface area contributed by atoms with E-state index >= 15 is 0 Å². The molecule has 2 unspecified atom stereocenters. The molecule has 138 valence electrons. The molecule has 0 aliphatic carbocycles. The van der Waals surface area contributed by atoms with Crippen molar-refractivity contribution in [3.63, 3.8) is 0 Å². The minimum atomic E-state index is -0.918. The fourth-order valence-corrected chi connectivity index (χ4v) is 4.02. The molecule has 1 aromatic carbocycles. The first kappa shape index (κ1) is 18.7. The van der Waals surface area contributed by atoms with Crippen LogP contribution in [0, 0.1) is 23.7 Å². The van der Waals surface area contributed by atoms with Gasteiger partial charge in [0, 0.05) is 18.0 Å². The first-order valence-corrected chi connectivity index (χ1v) is 9.34. The van der Waals surface area contributed by atoms with Crippen molar-refractivity contribution in [3.05, 3.63) is 47.5 Å². The third-order valence-corrected chi connectivity index (χ3v) is 5.64. The molecule has 0 amide bonds. The van der Waals surface area contributed by atoms with Crippen molar-refractivity contribution in [2.45, 2.75) is 38.2 Å². The van der Waals surface area contributed by atoms with Crippen LogP contribution >= 0.6 is 0 Å². The predicted octanol–water partition coefficient (Wildman–Crippen LogP) is 2.49. The van der Waals surface area contributed by atoms with Crippen molar-refractivity contribution in [3.8, 4) is 11.8 Å².